The van der Waals surface area contributed by atoms with E-state index in [4.69, 9.17) is 14.5 Å². The van der Waals surface area contributed by atoms with E-state index in [0.29, 0.717) is 53.8 Å². The molecule has 1 aliphatic carbocycles. The molecule has 0 unspecified atom stereocenters. The smallest absolute Gasteiger partial charge is 0.302 e. The van der Waals surface area contributed by atoms with Crippen LogP contribution >= 0.6 is 11.8 Å². The van der Waals surface area contributed by atoms with Crippen molar-refractivity contribution in [1.29, 1.82) is 0 Å². The fourth-order valence-corrected chi connectivity index (χ4v) is 6.05. The minimum Gasteiger partial charge on any atom is -0.507 e. The Morgan fingerprint density at radius 1 is 1.33 bits per heavy atom. The first-order valence-corrected chi connectivity index (χ1v) is 14.8. The first-order valence-electron chi connectivity index (χ1n) is 13.4. The first kappa shape index (κ1) is 29.5. The molecule has 1 aromatic carbocycles. The quantitative estimate of drug-likeness (QED) is 0.151. The summed E-state index contributed by atoms with van der Waals surface area (Å²) < 4.78 is 26.9. The predicted octanol–water partition coefficient (Wildman–Crippen LogP) is 2.54. The zero-order valence-electron chi connectivity index (χ0n) is 23.5. The van der Waals surface area contributed by atoms with Gasteiger partial charge >= 0.3 is 5.97 Å². The first-order chi connectivity index (χ1) is 20.1. The fourth-order valence-electron chi connectivity index (χ4n) is 5.63. The van der Waals surface area contributed by atoms with Gasteiger partial charge in [0.15, 0.2) is 0 Å². The summed E-state index contributed by atoms with van der Waals surface area (Å²) in [6.07, 6.45) is 3.60. The van der Waals surface area contributed by atoms with Crippen molar-refractivity contribution in [2.24, 2.45) is 0 Å². The number of benzene rings is 1. The largest absolute Gasteiger partial charge is 0.507 e. The lowest BCUT2D eigenvalue weighted by atomic mass is 9.81. The lowest BCUT2D eigenvalue weighted by Crippen LogP contribution is -2.36. The molecule has 0 saturated carbocycles. The van der Waals surface area contributed by atoms with Crippen molar-refractivity contribution in [2.75, 3.05) is 31.9 Å². The van der Waals surface area contributed by atoms with Crippen LogP contribution in [0.2, 0.25) is 0 Å². The summed E-state index contributed by atoms with van der Waals surface area (Å²) in [6.45, 7) is 2.86. The highest BCUT2D eigenvalue weighted by atomic mass is 32.2. The van der Waals surface area contributed by atoms with Gasteiger partial charge in [-0.15, -0.1) is 0 Å². The molecule has 2 amide bonds. The van der Waals surface area contributed by atoms with Crippen LogP contribution in [0, 0.1) is 12.7 Å². The maximum Gasteiger partial charge on any atom is 0.302 e. The van der Waals surface area contributed by atoms with Crippen molar-refractivity contribution in [1.82, 2.24) is 19.8 Å². The summed E-state index contributed by atoms with van der Waals surface area (Å²) in [5, 5.41) is 14.4. The average molecular weight is 599 g/mol. The molecule has 2 aliphatic rings. The molecule has 13 heteroatoms. The Balaban J connectivity index is 1.51. The third-order valence-corrected chi connectivity index (χ3v) is 8.28. The number of carbonyl (C=O) groups is 3. The van der Waals surface area contributed by atoms with E-state index in [1.165, 1.54) is 28.5 Å². The summed E-state index contributed by atoms with van der Waals surface area (Å²) in [5.41, 5.74) is 3.28. The fraction of sp³-hybridized carbons (Fsp3) is 0.414. The van der Waals surface area contributed by atoms with Crippen LogP contribution in [0.4, 0.5) is 4.39 Å². The molecule has 5 rings (SSSR count). The Morgan fingerprint density at radius 2 is 2.12 bits per heavy atom. The number of hydrogen-bond donors (Lipinski definition) is 2. The summed E-state index contributed by atoms with van der Waals surface area (Å²) in [5.74, 6) is -0.969. The van der Waals surface area contributed by atoms with Gasteiger partial charge in [0.25, 0.3) is 5.56 Å². The lowest BCUT2D eigenvalue weighted by Gasteiger charge is -2.30. The van der Waals surface area contributed by atoms with Crippen molar-refractivity contribution in [3.05, 3.63) is 56.1 Å². The number of halogens is 1. The Hall–Kier alpha value is -3.97. The maximum atomic E-state index is 15.0. The van der Waals surface area contributed by atoms with Crippen molar-refractivity contribution < 1.29 is 33.4 Å². The van der Waals surface area contributed by atoms with Crippen molar-refractivity contribution in [2.45, 2.75) is 45.9 Å². The third kappa shape index (κ3) is 5.45. The van der Waals surface area contributed by atoms with Crippen LogP contribution in [0.1, 0.15) is 47.2 Å². The molecule has 222 valence electrons. The number of fused-ring (bicyclic) bond motifs is 4. The Labute approximate surface area is 245 Å². The highest BCUT2D eigenvalue weighted by molar-refractivity contribution is 7.98. The minimum atomic E-state index is -0.591. The van der Waals surface area contributed by atoms with Crippen LogP contribution in [-0.2, 0) is 43.4 Å². The van der Waals surface area contributed by atoms with Gasteiger partial charge in [0.1, 0.15) is 31.5 Å². The predicted molar refractivity (Wildman–Crippen MR) is 154 cm³/mol. The highest BCUT2D eigenvalue weighted by Crippen LogP contribution is 2.45. The number of amides is 2. The SMILES string of the molecule is CSCCN(C=O)COCC(=O)N[C@H]1CCc2c(C)c(F)cc3nc4c(c1c23)Cn1c-4cc(O)c(COC(C)=O)c1=O. The minimum absolute atomic E-state index is 0.0181. The standard InChI is InChI=1S/C29H31FN4O7S/c1-15-17-4-5-21(31-25(38)12-40-14-33(13-35)6-7-42-3)27-18-10-34-23(28(18)32-22(26(17)27)8-20(15)30)9-24(37)19(29(34)39)11-41-16(2)36/h8-9,13,21,37H,4-7,10-12,14H2,1-3H3,(H,31,38)/t21-/m0/s1. The molecule has 0 saturated heterocycles. The number of rotatable bonds is 11. The number of thioether (sulfide) groups is 1. The van der Waals surface area contributed by atoms with Gasteiger partial charge in [0.2, 0.25) is 12.3 Å². The lowest BCUT2D eigenvalue weighted by molar-refractivity contribution is -0.142. The Kier molecular flexibility index (Phi) is 8.50. The topological polar surface area (TPSA) is 140 Å². The molecule has 3 aromatic rings. The van der Waals surface area contributed by atoms with Gasteiger partial charge in [-0.2, -0.15) is 11.8 Å². The van der Waals surface area contributed by atoms with E-state index in [-0.39, 0.29) is 43.7 Å². The molecule has 42 heavy (non-hydrogen) atoms. The number of aromatic nitrogens is 2. The molecule has 0 radical (unpaired) electrons. The number of aryl methyl sites for hydroxylation is 1. The van der Waals surface area contributed by atoms with E-state index in [0.717, 1.165) is 22.3 Å². The molecular weight excluding hydrogens is 567 g/mol. The molecule has 0 fully saturated rings. The average Bonchev–Trinajstić information content (AvgIpc) is 3.31. The van der Waals surface area contributed by atoms with Crippen molar-refractivity contribution in [3.8, 4) is 17.1 Å². The monoisotopic (exact) mass is 598 g/mol. The van der Waals surface area contributed by atoms with Crippen molar-refractivity contribution >= 4 is 41.0 Å². The number of esters is 1. The van der Waals surface area contributed by atoms with E-state index in [9.17, 15) is 28.7 Å². The van der Waals surface area contributed by atoms with Gasteiger partial charge in [-0.3, -0.25) is 19.2 Å². The normalized spacial score (nSPS) is 14.8. The third-order valence-electron chi connectivity index (χ3n) is 7.69. The molecule has 1 aliphatic heterocycles. The summed E-state index contributed by atoms with van der Waals surface area (Å²) in [7, 11) is 0. The second kappa shape index (κ2) is 12.1. The Morgan fingerprint density at radius 3 is 2.83 bits per heavy atom. The van der Waals surface area contributed by atoms with Crippen LogP contribution in [0.3, 0.4) is 0 Å². The molecule has 0 bridgehead atoms. The molecule has 2 aromatic heterocycles. The number of pyridine rings is 2. The number of nitrogens with one attached hydrogen (secondary N) is 1. The molecule has 0 spiro atoms. The Bertz CT molecular complexity index is 1660. The molecular formula is C29H31FN4O7S. The molecule has 1 atom stereocenters. The number of nitrogens with zero attached hydrogens (tertiary/aromatic N) is 3. The van der Waals surface area contributed by atoms with E-state index in [2.05, 4.69) is 5.32 Å². The molecule has 3 heterocycles. The summed E-state index contributed by atoms with van der Waals surface area (Å²) in [4.78, 5) is 55.1. The molecule has 2 N–H and O–H groups in total. The van der Waals surface area contributed by atoms with Crippen LogP contribution in [0.15, 0.2) is 16.9 Å². The van der Waals surface area contributed by atoms with E-state index < -0.39 is 23.4 Å². The zero-order chi connectivity index (χ0) is 30.1. The van der Waals surface area contributed by atoms with Gasteiger partial charge in [-0.1, -0.05) is 0 Å². The van der Waals surface area contributed by atoms with Gasteiger partial charge in [-0.25, -0.2) is 9.37 Å². The highest BCUT2D eigenvalue weighted by Gasteiger charge is 2.35. The number of aromatic hydroxyl groups is 1. The van der Waals surface area contributed by atoms with E-state index >= 15 is 0 Å². The van der Waals surface area contributed by atoms with Gasteiger partial charge in [0.05, 0.1) is 35.1 Å². The van der Waals surface area contributed by atoms with Crippen LogP contribution in [-0.4, -0.2) is 69.7 Å². The second-order valence-corrected chi connectivity index (χ2v) is 11.3. The van der Waals surface area contributed by atoms with Crippen LogP contribution < -0.4 is 10.9 Å². The number of hydrogen-bond acceptors (Lipinski definition) is 9. The molecule has 11 nitrogen and oxygen atoms in total. The number of ether oxygens (including phenoxy) is 2. The van der Waals surface area contributed by atoms with E-state index in [1.807, 2.05) is 6.26 Å². The van der Waals surface area contributed by atoms with Gasteiger partial charge < -0.3 is 29.4 Å². The summed E-state index contributed by atoms with van der Waals surface area (Å²) in [6, 6.07) is 2.27. The van der Waals surface area contributed by atoms with E-state index in [1.54, 1.807) is 18.7 Å². The second-order valence-electron chi connectivity index (χ2n) is 10.3. The van der Waals surface area contributed by atoms with Crippen molar-refractivity contribution in [3.63, 3.8) is 0 Å². The maximum absolute atomic E-state index is 15.0. The van der Waals surface area contributed by atoms with Gasteiger partial charge in [0, 0.05) is 42.3 Å². The van der Waals surface area contributed by atoms with Crippen LogP contribution in [0.5, 0.6) is 5.75 Å². The number of carbonyl (C=O) groups excluding carboxylic acids is 3. The summed E-state index contributed by atoms with van der Waals surface area (Å²) >= 11 is 1.59. The zero-order valence-corrected chi connectivity index (χ0v) is 24.3. The van der Waals surface area contributed by atoms with Gasteiger partial charge in [-0.05, 0) is 42.7 Å². The van der Waals surface area contributed by atoms with Crippen LogP contribution in [0.25, 0.3) is 22.3 Å².